The number of nitrogens with one attached hydrogen (secondary N) is 1. The average molecular weight is 326 g/mol. The Labute approximate surface area is 133 Å². The van der Waals surface area contributed by atoms with Gasteiger partial charge in [0, 0.05) is 20.1 Å². The van der Waals surface area contributed by atoms with Crippen molar-refractivity contribution in [2.45, 2.75) is 57.5 Å². The van der Waals surface area contributed by atoms with Crippen LogP contribution in [0.25, 0.3) is 0 Å². The smallest absolute Gasteiger partial charge is 0.271 e. The number of hydrogen-bond donors (Lipinski definition) is 1. The molecule has 124 valence electrons. The monoisotopic (exact) mass is 326 g/mol. The Kier molecular flexibility index (Phi) is 4.31. The van der Waals surface area contributed by atoms with Crippen LogP contribution in [0.1, 0.15) is 56.2 Å². The van der Waals surface area contributed by atoms with Crippen LogP contribution in [0, 0.1) is 5.92 Å². The van der Waals surface area contributed by atoms with E-state index in [0.717, 1.165) is 18.5 Å². The number of hydrogen-bond acceptors (Lipinski definition) is 3. The molecule has 2 aliphatic rings. The Morgan fingerprint density at radius 2 is 2.09 bits per heavy atom. The van der Waals surface area contributed by atoms with Crippen LogP contribution in [0.2, 0.25) is 0 Å². The van der Waals surface area contributed by atoms with E-state index in [2.05, 4.69) is 9.82 Å². The summed E-state index contributed by atoms with van der Waals surface area (Å²) in [6, 6.07) is 0.0649. The fourth-order valence-corrected chi connectivity index (χ4v) is 4.25. The van der Waals surface area contributed by atoms with E-state index in [1.807, 2.05) is 20.2 Å². The molecule has 0 amide bonds. The molecule has 1 atom stereocenters. The van der Waals surface area contributed by atoms with Crippen LogP contribution in [0.3, 0.4) is 0 Å². The van der Waals surface area contributed by atoms with Gasteiger partial charge in [0.25, 0.3) is 10.2 Å². The summed E-state index contributed by atoms with van der Waals surface area (Å²) in [5.74, 6) is 1.07. The second kappa shape index (κ2) is 5.94. The molecule has 1 heterocycles. The molecule has 0 bridgehead atoms. The van der Waals surface area contributed by atoms with Crippen molar-refractivity contribution in [1.29, 1.82) is 0 Å². The van der Waals surface area contributed by atoms with Crippen LogP contribution in [0.4, 0.5) is 0 Å². The van der Waals surface area contributed by atoms with Crippen molar-refractivity contribution in [3.63, 3.8) is 0 Å². The third-order valence-corrected chi connectivity index (χ3v) is 6.92. The van der Waals surface area contributed by atoms with Crippen LogP contribution >= 0.6 is 0 Å². The topological polar surface area (TPSA) is 67.2 Å². The zero-order valence-corrected chi connectivity index (χ0v) is 14.4. The third-order valence-electron chi connectivity index (χ3n) is 5.32. The summed E-state index contributed by atoms with van der Waals surface area (Å²) >= 11 is 0. The molecular formula is C15H26N4O2S. The lowest BCUT2D eigenvalue weighted by atomic mass is 9.80. The van der Waals surface area contributed by atoms with E-state index in [0.29, 0.717) is 18.4 Å². The maximum absolute atomic E-state index is 12.5. The van der Waals surface area contributed by atoms with Crippen LogP contribution < -0.4 is 4.72 Å². The first kappa shape index (κ1) is 16.0. The molecule has 0 radical (unpaired) electrons. The highest BCUT2D eigenvalue weighted by Gasteiger charge is 2.35. The van der Waals surface area contributed by atoms with E-state index in [1.165, 1.54) is 29.1 Å². The standard InChI is InChI=1S/C15H26N4O2S/c1-11(12-7-8-12)19(3)22(20,21)17-10-15-14(9-16-18(15)2)13-5-4-6-13/h9,11-13,17H,4-8,10H2,1-3H3. The summed E-state index contributed by atoms with van der Waals surface area (Å²) < 4.78 is 30.9. The van der Waals surface area contributed by atoms with Crippen LogP contribution in [-0.4, -0.2) is 35.6 Å². The Hall–Kier alpha value is -0.920. The van der Waals surface area contributed by atoms with Crippen molar-refractivity contribution in [3.05, 3.63) is 17.5 Å². The highest BCUT2D eigenvalue weighted by molar-refractivity contribution is 7.87. The van der Waals surface area contributed by atoms with Crippen molar-refractivity contribution in [1.82, 2.24) is 18.8 Å². The van der Waals surface area contributed by atoms with Gasteiger partial charge in [0.2, 0.25) is 0 Å². The molecule has 0 spiro atoms. The zero-order valence-electron chi connectivity index (χ0n) is 13.6. The fourth-order valence-electron chi connectivity index (χ4n) is 3.11. The second-order valence-corrected chi connectivity index (χ2v) is 8.53. The molecular weight excluding hydrogens is 300 g/mol. The highest BCUT2D eigenvalue weighted by Crippen LogP contribution is 2.38. The number of aryl methyl sites for hydroxylation is 1. The zero-order chi connectivity index (χ0) is 15.9. The van der Waals surface area contributed by atoms with Crippen molar-refractivity contribution in [3.8, 4) is 0 Å². The van der Waals surface area contributed by atoms with Crippen molar-refractivity contribution < 1.29 is 8.42 Å². The predicted molar refractivity (Wildman–Crippen MR) is 85.5 cm³/mol. The number of nitrogens with zero attached hydrogens (tertiary/aromatic N) is 3. The SMILES string of the molecule is CC(C1CC1)N(C)S(=O)(=O)NCc1c(C2CCC2)cnn1C. The molecule has 2 fully saturated rings. The van der Waals surface area contributed by atoms with E-state index in [9.17, 15) is 8.42 Å². The van der Waals surface area contributed by atoms with E-state index in [4.69, 9.17) is 0 Å². The van der Waals surface area contributed by atoms with E-state index < -0.39 is 10.2 Å². The van der Waals surface area contributed by atoms with E-state index in [-0.39, 0.29) is 6.04 Å². The van der Waals surface area contributed by atoms with Gasteiger partial charge in [-0.25, -0.2) is 0 Å². The first-order chi connectivity index (χ1) is 10.4. The van der Waals surface area contributed by atoms with Gasteiger partial charge in [-0.05, 0) is 50.0 Å². The fraction of sp³-hybridized carbons (Fsp3) is 0.800. The first-order valence-corrected chi connectivity index (χ1v) is 9.57. The molecule has 0 aliphatic heterocycles. The maximum atomic E-state index is 12.5. The molecule has 2 saturated carbocycles. The molecule has 1 aromatic heterocycles. The minimum absolute atomic E-state index is 0.0649. The van der Waals surface area contributed by atoms with Crippen LogP contribution in [0.5, 0.6) is 0 Å². The Bertz CT molecular complexity index is 632. The average Bonchev–Trinajstić information content (AvgIpc) is 3.20. The summed E-state index contributed by atoms with van der Waals surface area (Å²) in [6.07, 6.45) is 7.79. The highest BCUT2D eigenvalue weighted by atomic mass is 32.2. The lowest BCUT2D eigenvalue weighted by Crippen LogP contribution is -2.43. The summed E-state index contributed by atoms with van der Waals surface area (Å²) in [4.78, 5) is 0. The molecule has 2 aliphatic carbocycles. The molecule has 6 nitrogen and oxygen atoms in total. The molecule has 3 rings (SSSR count). The van der Waals surface area contributed by atoms with Crippen molar-refractivity contribution in [2.75, 3.05) is 7.05 Å². The van der Waals surface area contributed by atoms with Crippen LogP contribution in [-0.2, 0) is 23.8 Å². The Balaban J connectivity index is 1.67. The summed E-state index contributed by atoms with van der Waals surface area (Å²) in [7, 11) is 0.0990. The second-order valence-electron chi connectivity index (χ2n) is 6.72. The van der Waals surface area contributed by atoms with Gasteiger partial charge in [-0.1, -0.05) is 6.42 Å². The van der Waals surface area contributed by atoms with Crippen molar-refractivity contribution in [2.24, 2.45) is 13.0 Å². The number of aromatic nitrogens is 2. The molecule has 1 N–H and O–H groups in total. The Morgan fingerprint density at radius 3 is 2.64 bits per heavy atom. The lowest BCUT2D eigenvalue weighted by Gasteiger charge is -2.27. The van der Waals surface area contributed by atoms with Gasteiger partial charge in [0.05, 0.1) is 18.4 Å². The van der Waals surface area contributed by atoms with Gasteiger partial charge < -0.3 is 0 Å². The normalized spacial score (nSPS) is 21.1. The summed E-state index contributed by atoms with van der Waals surface area (Å²) in [6.45, 7) is 2.30. The maximum Gasteiger partial charge on any atom is 0.279 e. The molecule has 0 saturated heterocycles. The third kappa shape index (κ3) is 3.07. The van der Waals surface area contributed by atoms with E-state index >= 15 is 0 Å². The molecule has 22 heavy (non-hydrogen) atoms. The van der Waals surface area contributed by atoms with Gasteiger partial charge in [0.1, 0.15) is 0 Å². The lowest BCUT2D eigenvalue weighted by molar-refractivity contribution is 0.351. The summed E-state index contributed by atoms with van der Waals surface area (Å²) in [5, 5.41) is 4.31. The van der Waals surface area contributed by atoms with Crippen molar-refractivity contribution >= 4 is 10.2 Å². The van der Waals surface area contributed by atoms with Gasteiger partial charge in [-0.15, -0.1) is 0 Å². The minimum atomic E-state index is -3.45. The quantitative estimate of drug-likeness (QED) is 0.830. The molecule has 7 heteroatoms. The van der Waals surface area contributed by atoms with Gasteiger partial charge in [-0.3, -0.25) is 4.68 Å². The Morgan fingerprint density at radius 1 is 1.41 bits per heavy atom. The van der Waals surface area contributed by atoms with Gasteiger partial charge in [0.15, 0.2) is 0 Å². The predicted octanol–water partition coefficient (Wildman–Crippen LogP) is 1.75. The molecule has 1 aromatic rings. The van der Waals surface area contributed by atoms with Gasteiger partial charge >= 0.3 is 0 Å². The number of rotatable bonds is 7. The summed E-state index contributed by atoms with van der Waals surface area (Å²) in [5.41, 5.74) is 2.19. The van der Waals surface area contributed by atoms with E-state index in [1.54, 1.807) is 11.7 Å². The molecule has 1 unspecified atom stereocenters. The van der Waals surface area contributed by atoms with Crippen LogP contribution in [0.15, 0.2) is 6.20 Å². The minimum Gasteiger partial charge on any atom is -0.271 e. The largest absolute Gasteiger partial charge is 0.279 e. The molecule has 0 aromatic carbocycles. The first-order valence-electron chi connectivity index (χ1n) is 8.13. The van der Waals surface area contributed by atoms with Gasteiger partial charge in [-0.2, -0.15) is 22.5 Å².